The first-order valence-corrected chi connectivity index (χ1v) is 7.29. The van der Waals surface area contributed by atoms with Crippen LogP contribution in [0.3, 0.4) is 0 Å². The van der Waals surface area contributed by atoms with E-state index in [1.54, 1.807) is 0 Å². The van der Waals surface area contributed by atoms with Crippen LogP contribution in [-0.4, -0.2) is 30.2 Å². The Bertz CT molecular complexity index is 353. The number of hydrogen-bond donors (Lipinski definition) is 3. The van der Waals surface area contributed by atoms with Crippen LogP contribution in [0, 0.1) is 17.3 Å². The summed E-state index contributed by atoms with van der Waals surface area (Å²) in [7, 11) is 0. The number of carboxylic acid groups (broad SMARTS) is 1. The molecule has 5 heteroatoms. The van der Waals surface area contributed by atoms with Gasteiger partial charge in [-0.3, -0.25) is 4.79 Å². The number of urea groups is 1. The van der Waals surface area contributed by atoms with Crippen molar-refractivity contribution in [2.75, 3.05) is 13.1 Å². The molecule has 2 unspecified atom stereocenters. The molecule has 0 heterocycles. The van der Waals surface area contributed by atoms with E-state index in [2.05, 4.69) is 17.6 Å². The second kappa shape index (κ2) is 5.80. The summed E-state index contributed by atoms with van der Waals surface area (Å²) in [6.07, 6.45) is 5.95. The lowest BCUT2D eigenvalue weighted by Crippen LogP contribution is -2.50. The van der Waals surface area contributed by atoms with Gasteiger partial charge in [-0.1, -0.05) is 26.2 Å². The van der Waals surface area contributed by atoms with Gasteiger partial charge in [0.2, 0.25) is 0 Å². The van der Waals surface area contributed by atoms with E-state index in [4.69, 9.17) is 5.11 Å². The zero-order valence-corrected chi connectivity index (χ0v) is 11.6. The lowest BCUT2D eigenvalue weighted by Gasteiger charge is -2.37. The average molecular weight is 268 g/mol. The lowest BCUT2D eigenvalue weighted by atomic mass is 9.69. The molecule has 108 valence electrons. The first-order chi connectivity index (χ1) is 9.03. The molecular weight excluding hydrogens is 244 g/mol. The second-order valence-electron chi connectivity index (χ2n) is 6.17. The van der Waals surface area contributed by atoms with Crippen molar-refractivity contribution >= 4 is 12.0 Å². The van der Waals surface area contributed by atoms with Crippen LogP contribution in [0.5, 0.6) is 0 Å². The number of carboxylic acids is 1. The molecule has 2 fully saturated rings. The van der Waals surface area contributed by atoms with E-state index in [1.165, 1.54) is 19.3 Å². The summed E-state index contributed by atoms with van der Waals surface area (Å²) < 4.78 is 0. The van der Waals surface area contributed by atoms with Crippen LogP contribution >= 0.6 is 0 Å². The monoisotopic (exact) mass is 268 g/mol. The summed E-state index contributed by atoms with van der Waals surface area (Å²) in [4.78, 5) is 22.9. The van der Waals surface area contributed by atoms with E-state index in [0.29, 0.717) is 31.2 Å². The molecule has 0 aromatic heterocycles. The Kier molecular flexibility index (Phi) is 4.32. The maximum absolute atomic E-state index is 11.7. The van der Waals surface area contributed by atoms with Gasteiger partial charge in [0.05, 0.1) is 5.41 Å². The zero-order valence-electron chi connectivity index (χ0n) is 11.6. The van der Waals surface area contributed by atoms with Gasteiger partial charge in [0.1, 0.15) is 0 Å². The highest BCUT2D eigenvalue weighted by molar-refractivity contribution is 5.78. The van der Waals surface area contributed by atoms with Crippen molar-refractivity contribution < 1.29 is 14.7 Å². The van der Waals surface area contributed by atoms with Gasteiger partial charge in [-0.15, -0.1) is 0 Å². The molecule has 0 radical (unpaired) electrons. The van der Waals surface area contributed by atoms with Gasteiger partial charge in [-0.05, 0) is 31.1 Å². The van der Waals surface area contributed by atoms with E-state index in [-0.39, 0.29) is 12.6 Å². The molecule has 2 aliphatic carbocycles. The van der Waals surface area contributed by atoms with Gasteiger partial charge in [-0.2, -0.15) is 0 Å². The number of carbonyl (C=O) groups excluding carboxylic acids is 1. The maximum atomic E-state index is 11.7. The number of amides is 2. The van der Waals surface area contributed by atoms with Crippen LogP contribution in [0.2, 0.25) is 0 Å². The fourth-order valence-corrected chi connectivity index (χ4v) is 3.13. The van der Waals surface area contributed by atoms with E-state index < -0.39 is 11.4 Å². The first kappa shape index (κ1) is 14.2. The standard InChI is InChI=1S/C14H24N2O3/c1-10-4-2-5-11(10)8-15-13(19)16-9-14(12(17)18)6-3-7-14/h10-11H,2-9H2,1H3,(H,17,18)(H2,15,16,19). The largest absolute Gasteiger partial charge is 0.481 e. The molecule has 0 aliphatic heterocycles. The van der Waals surface area contributed by atoms with Gasteiger partial charge in [0.15, 0.2) is 0 Å². The molecule has 2 amide bonds. The van der Waals surface area contributed by atoms with Gasteiger partial charge in [0.25, 0.3) is 0 Å². The van der Waals surface area contributed by atoms with E-state index >= 15 is 0 Å². The predicted molar refractivity (Wildman–Crippen MR) is 71.8 cm³/mol. The third-order valence-electron chi connectivity index (χ3n) is 4.92. The Morgan fingerprint density at radius 1 is 1.21 bits per heavy atom. The van der Waals surface area contributed by atoms with E-state index in [1.807, 2.05) is 0 Å². The third-order valence-corrected chi connectivity index (χ3v) is 4.92. The lowest BCUT2D eigenvalue weighted by molar-refractivity contribution is -0.153. The highest BCUT2D eigenvalue weighted by Crippen LogP contribution is 2.40. The average Bonchev–Trinajstić information content (AvgIpc) is 2.70. The van der Waals surface area contributed by atoms with Crippen molar-refractivity contribution in [1.82, 2.24) is 10.6 Å². The number of hydrogen-bond acceptors (Lipinski definition) is 2. The van der Waals surface area contributed by atoms with Crippen LogP contribution in [0.4, 0.5) is 4.79 Å². The smallest absolute Gasteiger partial charge is 0.314 e. The normalized spacial score (nSPS) is 28.5. The molecule has 19 heavy (non-hydrogen) atoms. The van der Waals surface area contributed by atoms with Gasteiger partial charge in [0, 0.05) is 13.1 Å². The Morgan fingerprint density at radius 2 is 1.95 bits per heavy atom. The molecule has 2 aliphatic rings. The van der Waals surface area contributed by atoms with Crippen LogP contribution in [0.15, 0.2) is 0 Å². The Balaban J connectivity index is 1.68. The number of nitrogens with one attached hydrogen (secondary N) is 2. The molecular formula is C14H24N2O3. The van der Waals surface area contributed by atoms with Crippen molar-refractivity contribution in [2.45, 2.75) is 45.4 Å². The molecule has 5 nitrogen and oxygen atoms in total. The van der Waals surface area contributed by atoms with Crippen molar-refractivity contribution in [3.63, 3.8) is 0 Å². The first-order valence-electron chi connectivity index (χ1n) is 7.29. The second-order valence-corrected chi connectivity index (χ2v) is 6.17. The molecule has 3 N–H and O–H groups in total. The summed E-state index contributed by atoms with van der Waals surface area (Å²) >= 11 is 0. The highest BCUT2D eigenvalue weighted by Gasteiger charge is 2.44. The highest BCUT2D eigenvalue weighted by atomic mass is 16.4. The fraction of sp³-hybridized carbons (Fsp3) is 0.857. The van der Waals surface area contributed by atoms with Crippen molar-refractivity contribution in [2.24, 2.45) is 17.3 Å². The van der Waals surface area contributed by atoms with Crippen LogP contribution in [0.25, 0.3) is 0 Å². The Labute approximate surface area is 114 Å². The van der Waals surface area contributed by atoms with Crippen LogP contribution < -0.4 is 10.6 Å². The van der Waals surface area contributed by atoms with Crippen LogP contribution in [-0.2, 0) is 4.79 Å². The van der Waals surface area contributed by atoms with Gasteiger partial charge in [-0.25, -0.2) is 4.79 Å². The summed E-state index contributed by atoms with van der Waals surface area (Å²) in [6, 6.07) is -0.230. The van der Waals surface area contributed by atoms with E-state index in [9.17, 15) is 9.59 Å². The van der Waals surface area contributed by atoms with Crippen LogP contribution in [0.1, 0.15) is 45.4 Å². The fourth-order valence-electron chi connectivity index (χ4n) is 3.13. The number of rotatable bonds is 5. The Morgan fingerprint density at radius 3 is 2.42 bits per heavy atom. The maximum Gasteiger partial charge on any atom is 0.314 e. The SMILES string of the molecule is CC1CCCC1CNC(=O)NCC1(C(=O)O)CCC1. The summed E-state index contributed by atoms with van der Waals surface area (Å²) in [5.74, 6) is 0.462. The number of carbonyl (C=O) groups is 2. The molecule has 2 atom stereocenters. The third kappa shape index (κ3) is 3.19. The van der Waals surface area contributed by atoms with E-state index in [0.717, 1.165) is 6.42 Å². The minimum absolute atomic E-state index is 0.230. The summed E-state index contributed by atoms with van der Waals surface area (Å²) in [5.41, 5.74) is -0.710. The van der Waals surface area contributed by atoms with Gasteiger partial charge >= 0.3 is 12.0 Å². The molecule has 2 saturated carbocycles. The summed E-state index contributed by atoms with van der Waals surface area (Å²) in [6.45, 7) is 3.17. The summed E-state index contributed by atoms with van der Waals surface area (Å²) in [5, 5.41) is 14.7. The molecule has 0 aromatic carbocycles. The minimum atomic E-state index is -0.788. The Hall–Kier alpha value is -1.26. The zero-order chi connectivity index (χ0) is 13.9. The molecule has 0 saturated heterocycles. The van der Waals surface area contributed by atoms with Crippen molar-refractivity contribution in [1.29, 1.82) is 0 Å². The molecule has 0 aromatic rings. The molecule has 0 spiro atoms. The topological polar surface area (TPSA) is 78.4 Å². The molecule has 0 bridgehead atoms. The number of aliphatic carboxylic acids is 1. The molecule has 2 rings (SSSR count). The van der Waals surface area contributed by atoms with Crippen molar-refractivity contribution in [3.8, 4) is 0 Å². The predicted octanol–water partition coefficient (Wildman–Crippen LogP) is 1.98. The quantitative estimate of drug-likeness (QED) is 0.713. The van der Waals surface area contributed by atoms with Crippen molar-refractivity contribution in [3.05, 3.63) is 0 Å². The minimum Gasteiger partial charge on any atom is -0.481 e. The van der Waals surface area contributed by atoms with Gasteiger partial charge < -0.3 is 15.7 Å².